The van der Waals surface area contributed by atoms with Gasteiger partial charge in [-0.05, 0) is 13.0 Å². The smallest absolute Gasteiger partial charge is 0.290 e. The van der Waals surface area contributed by atoms with Gasteiger partial charge >= 0.3 is 0 Å². The average molecular weight is 181 g/mol. The summed E-state index contributed by atoms with van der Waals surface area (Å²) in [6.07, 6.45) is 0. The molecular formula is C7H7N3O3. The maximum Gasteiger partial charge on any atom is 0.290 e. The molecule has 0 saturated carbocycles. The van der Waals surface area contributed by atoms with Crippen LogP contribution in [0.3, 0.4) is 0 Å². The number of hydrogen-bond donors (Lipinski definition) is 1. The molecule has 0 aromatic carbocycles. The number of carbonyl (C=O) groups is 1. The van der Waals surface area contributed by atoms with Crippen molar-refractivity contribution in [2.75, 3.05) is 0 Å². The summed E-state index contributed by atoms with van der Waals surface area (Å²) in [6, 6.07) is 2.44. The van der Waals surface area contributed by atoms with E-state index < -0.39 is 10.8 Å². The first kappa shape index (κ1) is 9.11. The summed E-state index contributed by atoms with van der Waals surface area (Å²) in [7, 11) is 0. The molecule has 0 aliphatic heterocycles. The van der Waals surface area contributed by atoms with Crippen molar-refractivity contribution >= 4 is 11.6 Å². The van der Waals surface area contributed by atoms with Crippen molar-refractivity contribution in [2.24, 2.45) is 5.73 Å². The molecule has 0 radical (unpaired) electrons. The Morgan fingerprint density at radius 2 is 2.23 bits per heavy atom. The summed E-state index contributed by atoms with van der Waals surface area (Å²) in [5.74, 6) is -0.696. The van der Waals surface area contributed by atoms with Crippen LogP contribution in [0.5, 0.6) is 0 Å². The van der Waals surface area contributed by atoms with E-state index in [0.29, 0.717) is 0 Å². The standard InChI is InChI=1S/C7H7N3O3/c1-4-6(10(12)13)3-2-5(9-4)7(8)11/h2-3H,1H3,(H2,8,11). The first-order valence-corrected chi connectivity index (χ1v) is 3.44. The van der Waals surface area contributed by atoms with Gasteiger partial charge in [-0.2, -0.15) is 0 Å². The SMILES string of the molecule is Cc1nc(C(N)=O)ccc1[N+](=O)[O-]. The molecule has 68 valence electrons. The molecule has 1 aromatic rings. The Morgan fingerprint density at radius 1 is 1.62 bits per heavy atom. The predicted molar refractivity (Wildman–Crippen MR) is 44.1 cm³/mol. The van der Waals surface area contributed by atoms with Crippen molar-refractivity contribution in [2.45, 2.75) is 6.92 Å². The number of carbonyl (C=O) groups excluding carboxylic acids is 1. The molecule has 13 heavy (non-hydrogen) atoms. The highest BCUT2D eigenvalue weighted by atomic mass is 16.6. The first-order chi connectivity index (χ1) is 6.02. The number of nitrogens with two attached hydrogens (primary N) is 1. The highest BCUT2D eigenvalue weighted by Gasteiger charge is 2.13. The van der Waals surface area contributed by atoms with Gasteiger partial charge in [0.05, 0.1) is 4.92 Å². The van der Waals surface area contributed by atoms with Crippen molar-refractivity contribution in [3.63, 3.8) is 0 Å². The van der Waals surface area contributed by atoms with Crippen LogP contribution in [0.25, 0.3) is 0 Å². The number of nitrogens with zero attached hydrogens (tertiary/aromatic N) is 2. The highest BCUT2D eigenvalue weighted by Crippen LogP contribution is 2.14. The number of nitro groups is 1. The molecule has 0 unspecified atom stereocenters. The zero-order valence-corrected chi connectivity index (χ0v) is 6.85. The number of rotatable bonds is 2. The summed E-state index contributed by atoms with van der Waals surface area (Å²) in [5, 5.41) is 10.4. The van der Waals surface area contributed by atoms with Crippen molar-refractivity contribution in [3.8, 4) is 0 Å². The van der Waals surface area contributed by atoms with Crippen LogP contribution in [0.2, 0.25) is 0 Å². The Balaban J connectivity index is 3.20. The Labute approximate surface area is 73.5 Å². The molecule has 0 atom stereocenters. The van der Waals surface area contributed by atoms with Crippen LogP contribution >= 0.6 is 0 Å². The number of amides is 1. The second-order valence-electron chi connectivity index (χ2n) is 2.42. The van der Waals surface area contributed by atoms with Crippen LogP contribution in [0, 0.1) is 17.0 Å². The van der Waals surface area contributed by atoms with Gasteiger partial charge in [-0.15, -0.1) is 0 Å². The largest absolute Gasteiger partial charge is 0.364 e. The van der Waals surface area contributed by atoms with Crippen LogP contribution in [0.15, 0.2) is 12.1 Å². The fraction of sp³-hybridized carbons (Fsp3) is 0.143. The quantitative estimate of drug-likeness (QED) is 0.527. The molecule has 0 aliphatic carbocycles. The monoisotopic (exact) mass is 181 g/mol. The topological polar surface area (TPSA) is 99.1 Å². The molecule has 1 rings (SSSR count). The molecule has 0 spiro atoms. The van der Waals surface area contributed by atoms with E-state index in [-0.39, 0.29) is 17.1 Å². The minimum atomic E-state index is -0.696. The number of primary amides is 1. The van der Waals surface area contributed by atoms with E-state index in [0.717, 1.165) is 0 Å². The van der Waals surface area contributed by atoms with Gasteiger partial charge in [0.15, 0.2) is 0 Å². The predicted octanol–water partition coefficient (Wildman–Crippen LogP) is 0.397. The van der Waals surface area contributed by atoms with Gasteiger partial charge in [0.1, 0.15) is 11.4 Å². The van der Waals surface area contributed by atoms with Gasteiger partial charge in [-0.25, -0.2) is 4.98 Å². The molecule has 6 heteroatoms. The number of hydrogen-bond acceptors (Lipinski definition) is 4. The molecule has 6 nitrogen and oxygen atoms in total. The van der Waals surface area contributed by atoms with Gasteiger partial charge in [-0.3, -0.25) is 14.9 Å². The minimum absolute atomic E-state index is 0.0306. The Bertz CT molecular complexity index is 375. The first-order valence-electron chi connectivity index (χ1n) is 3.44. The van der Waals surface area contributed by atoms with Crippen LogP contribution in [-0.4, -0.2) is 15.8 Å². The van der Waals surface area contributed by atoms with Gasteiger partial charge < -0.3 is 5.73 Å². The van der Waals surface area contributed by atoms with Gasteiger partial charge in [0.25, 0.3) is 11.6 Å². The molecule has 1 aromatic heterocycles. The van der Waals surface area contributed by atoms with Crippen LogP contribution < -0.4 is 5.73 Å². The average Bonchev–Trinajstić information content (AvgIpc) is 2.03. The number of aryl methyl sites for hydroxylation is 1. The highest BCUT2D eigenvalue weighted by molar-refractivity contribution is 5.90. The van der Waals surface area contributed by atoms with E-state index >= 15 is 0 Å². The van der Waals surface area contributed by atoms with Crippen molar-refractivity contribution < 1.29 is 9.72 Å². The molecular weight excluding hydrogens is 174 g/mol. The van der Waals surface area contributed by atoms with E-state index in [2.05, 4.69) is 4.98 Å². The van der Waals surface area contributed by atoms with Crippen LogP contribution in [0.4, 0.5) is 5.69 Å². The summed E-state index contributed by atoms with van der Waals surface area (Å²) in [4.78, 5) is 24.1. The molecule has 0 saturated heterocycles. The van der Waals surface area contributed by atoms with E-state index in [1.165, 1.54) is 19.1 Å². The van der Waals surface area contributed by atoms with E-state index in [9.17, 15) is 14.9 Å². The molecule has 2 N–H and O–H groups in total. The zero-order valence-electron chi connectivity index (χ0n) is 6.85. The maximum absolute atomic E-state index is 10.6. The summed E-state index contributed by atoms with van der Waals surface area (Å²) >= 11 is 0. The van der Waals surface area contributed by atoms with E-state index in [1.807, 2.05) is 0 Å². The second-order valence-corrected chi connectivity index (χ2v) is 2.42. The lowest BCUT2D eigenvalue weighted by Gasteiger charge is -1.97. The fourth-order valence-corrected chi connectivity index (χ4v) is 0.884. The van der Waals surface area contributed by atoms with Crippen molar-refractivity contribution in [1.82, 2.24) is 4.98 Å². The Hall–Kier alpha value is -1.98. The molecule has 1 amide bonds. The molecule has 0 fully saturated rings. The van der Waals surface area contributed by atoms with Gasteiger partial charge in [0, 0.05) is 6.07 Å². The van der Waals surface area contributed by atoms with Gasteiger partial charge in [0.2, 0.25) is 0 Å². The lowest BCUT2D eigenvalue weighted by Crippen LogP contribution is -2.13. The number of pyridine rings is 1. The van der Waals surface area contributed by atoms with E-state index in [4.69, 9.17) is 5.73 Å². The summed E-state index contributed by atoms with van der Waals surface area (Å²) in [5.41, 5.74) is 5.03. The number of aromatic nitrogens is 1. The van der Waals surface area contributed by atoms with Gasteiger partial charge in [-0.1, -0.05) is 0 Å². The zero-order chi connectivity index (χ0) is 10.0. The normalized spacial score (nSPS) is 9.62. The second kappa shape index (κ2) is 3.18. The third-order valence-electron chi connectivity index (χ3n) is 1.51. The molecule has 0 aliphatic rings. The summed E-state index contributed by atoms with van der Waals surface area (Å²) < 4.78 is 0. The third kappa shape index (κ3) is 1.78. The van der Waals surface area contributed by atoms with Crippen LogP contribution in [-0.2, 0) is 0 Å². The van der Waals surface area contributed by atoms with Crippen LogP contribution in [0.1, 0.15) is 16.2 Å². The fourth-order valence-electron chi connectivity index (χ4n) is 0.884. The summed E-state index contributed by atoms with van der Waals surface area (Å²) in [6.45, 7) is 1.45. The van der Waals surface area contributed by atoms with E-state index in [1.54, 1.807) is 0 Å². The van der Waals surface area contributed by atoms with Crippen molar-refractivity contribution in [3.05, 3.63) is 33.6 Å². The molecule has 1 heterocycles. The molecule has 0 bridgehead atoms. The lowest BCUT2D eigenvalue weighted by molar-refractivity contribution is -0.385. The Kier molecular flexibility index (Phi) is 2.23. The minimum Gasteiger partial charge on any atom is -0.364 e. The van der Waals surface area contributed by atoms with Crippen molar-refractivity contribution in [1.29, 1.82) is 0 Å². The Morgan fingerprint density at radius 3 is 2.62 bits per heavy atom. The third-order valence-corrected chi connectivity index (χ3v) is 1.51. The maximum atomic E-state index is 10.6. The lowest BCUT2D eigenvalue weighted by atomic mass is 10.2.